The third-order valence-electron chi connectivity index (χ3n) is 3.36. The Morgan fingerprint density at radius 2 is 2.26 bits per heavy atom. The van der Waals surface area contributed by atoms with Crippen LogP contribution in [0.25, 0.3) is 5.69 Å². The van der Waals surface area contributed by atoms with Crippen molar-refractivity contribution < 1.29 is 13.9 Å². The van der Waals surface area contributed by atoms with Crippen molar-refractivity contribution in [2.24, 2.45) is 0 Å². The molecule has 3 aromatic rings. The van der Waals surface area contributed by atoms with E-state index < -0.39 is 17.9 Å². The predicted molar refractivity (Wildman–Crippen MR) is 82.0 cm³/mol. The molecule has 0 aliphatic rings. The van der Waals surface area contributed by atoms with Gasteiger partial charge in [-0.1, -0.05) is 6.07 Å². The number of halogens is 1. The number of aryl methyl sites for hydroxylation is 1. The quantitative estimate of drug-likeness (QED) is 0.687. The minimum absolute atomic E-state index is 0.243. The van der Waals surface area contributed by atoms with Gasteiger partial charge in [-0.3, -0.25) is 0 Å². The van der Waals surface area contributed by atoms with Gasteiger partial charge in [0.1, 0.15) is 24.6 Å². The number of aromatic nitrogens is 4. The third-order valence-corrected chi connectivity index (χ3v) is 4.08. The molecule has 0 radical (unpaired) electrons. The zero-order chi connectivity index (χ0) is 16.4. The maximum absolute atomic E-state index is 14.3. The van der Waals surface area contributed by atoms with Gasteiger partial charge < -0.3 is 4.74 Å². The van der Waals surface area contributed by atoms with Crippen LogP contribution in [0.1, 0.15) is 34.6 Å². The van der Waals surface area contributed by atoms with E-state index in [2.05, 4.69) is 14.5 Å². The molecule has 6 nitrogen and oxygen atoms in total. The van der Waals surface area contributed by atoms with Crippen LogP contribution < -0.4 is 0 Å². The number of rotatable bonds is 4. The summed E-state index contributed by atoms with van der Waals surface area (Å²) >= 11 is 1.17. The first-order valence-electron chi connectivity index (χ1n) is 6.83. The molecule has 2 heterocycles. The molecule has 0 bridgehead atoms. The average molecular weight is 332 g/mol. The number of esters is 1. The monoisotopic (exact) mass is 332 g/mol. The van der Waals surface area contributed by atoms with Crippen LogP contribution in [0.15, 0.2) is 36.2 Å². The summed E-state index contributed by atoms with van der Waals surface area (Å²) in [6.45, 7) is 3.34. The Morgan fingerprint density at radius 1 is 1.43 bits per heavy atom. The Morgan fingerprint density at radius 3 is 2.91 bits per heavy atom. The Labute approximate surface area is 135 Å². The van der Waals surface area contributed by atoms with Gasteiger partial charge in [0.05, 0.1) is 22.5 Å². The summed E-state index contributed by atoms with van der Waals surface area (Å²) < 4.78 is 25.2. The first-order valence-corrected chi connectivity index (χ1v) is 7.67. The molecule has 0 amide bonds. The van der Waals surface area contributed by atoms with Crippen molar-refractivity contribution in [2.75, 3.05) is 0 Å². The van der Waals surface area contributed by atoms with Crippen molar-refractivity contribution in [3.8, 4) is 5.69 Å². The highest BCUT2D eigenvalue weighted by Gasteiger charge is 2.22. The van der Waals surface area contributed by atoms with E-state index in [1.807, 2.05) is 0 Å². The highest BCUT2D eigenvalue weighted by atomic mass is 32.1. The largest absolute Gasteiger partial charge is 0.454 e. The number of ether oxygens (including phenoxy) is 1. The van der Waals surface area contributed by atoms with Crippen molar-refractivity contribution in [3.63, 3.8) is 0 Å². The Kier molecular flexibility index (Phi) is 4.16. The molecule has 0 N–H and O–H groups in total. The van der Waals surface area contributed by atoms with Crippen molar-refractivity contribution in [1.82, 2.24) is 19.1 Å². The van der Waals surface area contributed by atoms with Gasteiger partial charge in [-0.2, -0.15) is 9.47 Å². The smallest absolute Gasteiger partial charge is 0.341 e. The van der Waals surface area contributed by atoms with Gasteiger partial charge in [-0.05, 0) is 37.5 Å². The summed E-state index contributed by atoms with van der Waals surface area (Å²) in [5, 5.41) is 5.62. The summed E-state index contributed by atoms with van der Waals surface area (Å²) in [6.07, 6.45) is 2.02. The van der Waals surface area contributed by atoms with Crippen molar-refractivity contribution in [1.29, 1.82) is 0 Å². The summed E-state index contributed by atoms with van der Waals surface area (Å²) in [6, 6.07) is 4.57. The molecular weight excluding hydrogens is 319 g/mol. The van der Waals surface area contributed by atoms with Gasteiger partial charge in [0.15, 0.2) is 0 Å². The molecule has 0 fully saturated rings. The number of carbonyl (C=O) groups excluding carboxylic acids is 1. The first-order chi connectivity index (χ1) is 11.1. The van der Waals surface area contributed by atoms with E-state index >= 15 is 0 Å². The van der Waals surface area contributed by atoms with E-state index in [4.69, 9.17) is 4.74 Å². The second-order valence-electron chi connectivity index (χ2n) is 4.87. The van der Waals surface area contributed by atoms with Gasteiger partial charge in [0.25, 0.3) is 0 Å². The number of hydrogen-bond donors (Lipinski definition) is 0. The minimum atomic E-state index is -0.790. The molecule has 0 saturated carbocycles. The van der Waals surface area contributed by atoms with E-state index in [1.165, 1.54) is 34.9 Å². The van der Waals surface area contributed by atoms with Crippen LogP contribution in [0.3, 0.4) is 0 Å². The lowest BCUT2D eigenvalue weighted by Crippen LogP contribution is -2.13. The lowest BCUT2D eigenvalue weighted by atomic mass is 10.1. The second-order valence-corrected chi connectivity index (χ2v) is 5.50. The summed E-state index contributed by atoms with van der Waals surface area (Å²) in [5.41, 5.74) is 1.70. The van der Waals surface area contributed by atoms with E-state index in [0.717, 1.165) is 0 Å². The van der Waals surface area contributed by atoms with E-state index in [1.54, 1.807) is 31.4 Å². The van der Waals surface area contributed by atoms with E-state index in [-0.39, 0.29) is 5.56 Å². The standard InChI is InChI=1S/C15H13FN4O2S/c1-9-11(6-23-19-9)15(21)22-10(2)14-12(16)4-3-5-13(14)20-8-17-7-18-20/h3-8,10H,1-2H3/t10-/m0/s1. The number of carbonyl (C=O) groups is 1. The van der Waals surface area contributed by atoms with Gasteiger partial charge in [-0.25, -0.2) is 18.9 Å². The lowest BCUT2D eigenvalue weighted by molar-refractivity contribution is 0.0330. The van der Waals surface area contributed by atoms with Crippen LogP contribution in [-0.4, -0.2) is 25.1 Å². The molecular formula is C15H13FN4O2S. The number of benzene rings is 1. The molecule has 0 aliphatic heterocycles. The summed E-state index contributed by atoms with van der Waals surface area (Å²) in [7, 11) is 0. The molecule has 0 saturated heterocycles. The van der Waals surface area contributed by atoms with Crippen molar-refractivity contribution >= 4 is 17.5 Å². The second kappa shape index (κ2) is 6.25. The molecule has 1 atom stereocenters. The van der Waals surface area contributed by atoms with Crippen LogP contribution >= 0.6 is 11.5 Å². The van der Waals surface area contributed by atoms with Crippen LogP contribution in [0, 0.1) is 12.7 Å². The molecule has 2 aromatic heterocycles. The molecule has 0 unspecified atom stereocenters. The normalized spacial score (nSPS) is 12.1. The zero-order valence-corrected chi connectivity index (χ0v) is 13.2. The maximum atomic E-state index is 14.3. The Balaban J connectivity index is 1.92. The first kappa shape index (κ1) is 15.3. The van der Waals surface area contributed by atoms with Gasteiger partial charge in [0.2, 0.25) is 0 Å². The van der Waals surface area contributed by atoms with Crippen LogP contribution in [0.4, 0.5) is 4.39 Å². The van der Waals surface area contributed by atoms with Crippen molar-refractivity contribution in [3.05, 3.63) is 58.9 Å². The fourth-order valence-corrected chi connectivity index (χ4v) is 2.91. The fourth-order valence-electron chi connectivity index (χ4n) is 2.23. The highest BCUT2D eigenvalue weighted by Crippen LogP contribution is 2.28. The summed E-state index contributed by atoms with van der Waals surface area (Å²) in [5.74, 6) is -1.00. The summed E-state index contributed by atoms with van der Waals surface area (Å²) in [4.78, 5) is 16.1. The molecule has 0 spiro atoms. The van der Waals surface area contributed by atoms with Gasteiger partial charge in [0, 0.05) is 5.38 Å². The molecule has 0 aliphatic carbocycles. The molecule has 3 rings (SSSR count). The topological polar surface area (TPSA) is 69.9 Å². The third kappa shape index (κ3) is 2.98. The highest BCUT2D eigenvalue weighted by molar-refractivity contribution is 7.03. The van der Waals surface area contributed by atoms with Gasteiger partial charge in [-0.15, -0.1) is 0 Å². The molecule has 8 heteroatoms. The van der Waals surface area contributed by atoms with Crippen LogP contribution in [0.5, 0.6) is 0 Å². The van der Waals surface area contributed by atoms with E-state index in [0.29, 0.717) is 16.9 Å². The van der Waals surface area contributed by atoms with Crippen LogP contribution in [0.2, 0.25) is 0 Å². The van der Waals surface area contributed by atoms with Crippen molar-refractivity contribution in [2.45, 2.75) is 20.0 Å². The molecule has 118 valence electrons. The Hall–Kier alpha value is -2.61. The van der Waals surface area contributed by atoms with Gasteiger partial charge >= 0.3 is 5.97 Å². The zero-order valence-electron chi connectivity index (χ0n) is 12.4. The SMILES string of the molecule is Cc1nscc1C(=O)O[C@@H](C)c1c(F)cccc1-n1cncn1. The fraction of sp³-hybridized carbons (Fsp3) is 0.200. The number of hydrogen-bond acceptors (Lipinski definition) is 6. The van der Waals surface area contributed by atoms with E-state index in [9.17, 15) is 9.18 Å². The van der Waals surface area contributed by atoms with Crippen LogP contribution in [-0.2, 0) is 4.74 Å². The Bertz CT molecular complexity index is 832. The molecule has 1 aromatic carbocycles. The average Bonchev–Trinajstić information content (AvgIpc) is 3.17. The maximum Gasteiger partial charge on any atom is 0.341 e. The lowest BCUT2D eigenvalue weighted by Gasteiger charge is -2.17. The number of nitrogens with zero attached hydrogens (tertiary/aromatic N) is 4. The predicted octanol–water partition coefficient (Wildman–Crippen LogP) is 3.09. The molecule has 23 heavy (non-hydrogen) atoms. The minimum Gasteiger partial charge on any atom is -0.454 e.